The number of amides is 1. The van der Waals surface area contributed by atoms with Crippen molar-refractivity contribution < 1.29 is 19.4 Å². The predicted molar refractivity (Wildman–Crippen MR) is 159 cm³/mol. The summed E-state index contributed by atoms with van der Waals surface area (Å²) in [6, 6.07) is 22.7. The number of rotatable bonds is 8. The van der Waals surface area contributed by atoms with Crippen molar-refractivity contribution in [1.82, 2.24) is 24.7 Å². The van der Waals surface area contributed by atoms with Crippen LogP contribution in [-0.4, -0.2) is 47.6 Å². The van der Waals surface area contributed by atoms with E-state index >= 15 is 0 Å². The number of nitrogens with one attached hydrogen (secondary N) is 1. The molecule has 0 spiro atoms. The largest absolute Gasteiger partial charge is 0.392 e. The van der Waals surface area contributed by atoms with E-state index in [1.54, 1.807) is 18.1 Å². The maximum atomic E-state index is 13.0. The second-order valence-corrected chi connectivity index (χ2v) is 11.2. The van der Waals surface area contributed by atoms with Gasteiger partial charge in [-0.2, -0.15) is 0 Å². The molecule has 1 aliphatic heterocycles. The summed E-state index contributed by atoms with van der Waals surface area (Å²) in [4.78, 5) is 21.8. The lowest BCUT2D eigenvalue weighted by molar-refractivity contribution is -0.268. The topological polar surface area (TPSA) is 124 Å². The Kier molecular flexibility index (Phi) is 8.24. The number of carbonyl (C=O) groups excluding carboxylic acids is 1. The van der Waals surface area contributed by atoms with Crippen molar-refractivity contribution in [2.75, 3.05) is 11.1 Å². The fourth-order valence-electron chi connectivity index (χ4n) is 4.89. The molecule has 0 radical (unpaired) electrons. The van der Waals surface area contributed by atoms with Crippen LogP contribution in [0, 0.1) is 5.92 Å². The SMILES string of the molecule is C[C@H]1[C@@H](CSc2nncn2C)O[C@@H](c2cccc(NC(=O)c3cnc4ccccc4n3)c2)O[C@H]1c1ccc(CO)cc1. The second kappa shape index (κ2) is 12.4. The first-order valence-electron chi connectivity index (χ1n) is 13.6. The first-order valence-corrected chi connectivity index (χ1v) is 14.6. The van der Waals surface area contributed by atoms with Crippen LogP contribution in [0.2, 0.25) is 0 Å². The van der Waals surface area contributed by atoms with Gasteiger partial charge < -0.3 is 24.5 Å². The third-order valence-electron chi connectivity index (χ3n) is 7.27. The molecule has 42 heavy (non-hydrogen) atoms. The highest BCUT2D eigenvalue weighted by atomic mass is 32.2. The number of nitrogens with zero attached hydrogens (tertiary/aromatic N) is 5. The third-order valence-corrected chi connectivity index (χ3v) is 8.39. The molecule has 1 saturated heterocycles. The Morgan fingerprint density at radius 2 is 1.83 bits per heavy atom. The molecule has 2 N–H and O–H groups in total. The Bertz CT molecular complexity index is 1690. The molecule has 1 aliphatic rings. The summed E-state index contributed by atoms with van der Waals surface area (Å²) in [7, 11) is 1.91. The predicted octanol–water partition coefficient (Wildman–Crippen LogP) is 5.09. The summed E-state index contributed by atoms with van der Waals surface area (Å²) in [5.74, 6) is 0.316. The van der Waals surface area contributed by atoms with E-state index in [0.29, 0.717) is 17.0 Å². The van der Waals surface area contributed by atoms with Gasteiger partial charge in [0.15, 0.2) is 11.4 Å². The van der Waals surface area contributed by atoms with E-state index in [1.807, 2.05) is 84.4 Å². The Hall–Kier alpha value is -4.16. The van der Waals surface area contributed by atoms with E-state index in [-0.39, 0.29) is 36.3 Å². The molecule has 11 heteroatoms. The summed E-state index contributed by atoms with van der Waals surface area (Å²) in [6.07, 6.45) is 2.05. The highest BCUT2D eigenvalue weighted by molar-refractivity contribution is 7.99. The molecular weight excluding hydrogens is 552 g/mol. The van der Waals surface area contributed by atoms with Crippen molar-refractivity contribution in [3.63, 3.8) is 0 Å². The van der Waals surface area contributed by atoms with Gasteiger partial charge in [-0.3, -0.25) is 9.78 Å². The molecule has 0 unspecified atom stereocenters. The molecule has 1 amide bonds. The van der Waals surface area contributed by atoms with E-state index in [0.717, 1.165) is 27.4 Å². The minimum atomic E-state index is -0.675. The van der Waals surface area contributed by atoms with Gasteiger partial charge in [0.25, 0.3) is 5.91 Å². The first kappa shape index (κ1) is 28.0. The Labute approximate surface area is 247 Å². The zero-order valence-corrected chi connectivity index (χ0v) is 23.9. The number of fused-ring (bicyclic) bond motifs is 1. The fourth-order valence-corrected chi connectivity index (χ4v) is 5.95. The van der Waals surface area contributed by atoms with Crippen LogP contribution >= 0.6 is 11.8 Å². The maximum absolute atomic E-state index is 13.0. The minimum Gasteiger partial charge on any atom is -0.392 e. The van der Waals surface area contributed by atoms with Gasteiger partial charge in [0.2, 0.25) is 0 Å². The number of aliphatic hydroxyl groups is 1. The number of hydrogen-bond donors (Lipinski definition) is 2. The number of hydrogen-bond acceptors (Lipinski definition) is 9. The van der Waals surface area contributed by atoms with E-state index in [1.165, 1.54) is 6.20 Å². The molecule has 5 aromatic rings. The quantitative estimate of drug-likeness (QED) is 0.241. The lowest BCUT2D eigenvalue weighted by Gasteiger charge is -2.41. The minimum absolute atomic E-state index is 0.0205. The van der Waals surface area contributed by atoms with Gasteiger partial charge in [0.1, 0.15) is 12.0 Å². The second-order valence-electron chi connectivity index (χ2n) is 10.2. The van der Waals surface area contributed by atoms with Gasteiger partial charge in [-0.25, -0.2) is 4.98 Å². The molecule has 0 bridgehead atoms. The molecule has 0 aliphatic carbocycles. The number of aliphatic hydroxyl groups excluding tert-OH is 1. The molecule has 6 rings (SSSR count). The van der Waals surface area contributed by atoms with Crippen LogP contribution < -0.4 is 5.32 Å². The Morgan fingerprint density at radius 3 is 2.60 bits per heavy atom. The molecule has 3 heterocycles. The highest BCUT2D eigenvalue weighted by Crippen LogP contribution is 2.43. The lowest BCUT2D eigenvalue weighted by atomic mass is 9.91. The number of anilines is 1. The normalized spacial score (nSPS) is 20.5. The fraction of sp³-hybridized carbons (Fsp3) is 0.258. The van der Waals surface area contributed by atoms with Crippen molar-refractivity contribution >= 4 is 34.4 Å². The van der Waals surface area contributed by atoms with E-state index < -0.39 is 6.29 Å². The molecule has 3 aromatic carbocycles. The number of thioether (sulfide) groups is 1. The van der Waals surface area contributed by atoms with Crippen molar-refractivity contribution in [1.29, 1.82) is 0 Å². The van der Waals surface area contributed by atoms with Crippen LogP contribution in [0.4, 0.5) is 5.69 Å². The zero-order valence-electron chi connectivity index (χ0n) is 23.1. The van der Waals surface area contributed by atoms with Crippen LogP contribution in [0.1, 0.15) is 46.5 Å². The molecule has 0 saturated carbocycles. The number of carbonyl (C=O) groups is 1. The summed E-state index contributed by atoms with van der Waals surface area (Å²) in [5, 5.41) is 21.4. The maximum Gasteiger partial charge on any atom is 0.275 e. The molecule has 1 fully saturated rings. The summed E-state index contributed by atoms with van der Waals surface area (Å²) in [6.45, 7) is 2.09. The van der Waals surface area contributed by atoms with E-state index in [2.05, 4.69) is 32.4 Å². The van der Waals surface area contributed by atoms with Crippen molar-refractivity contribution in [2.45, 2.75) is 37.2 Å². The third kappa shape index (κ3) is 6.04. The van der Waals surface area contributed by atoms with Crippen molar-refractivity contribution in [3.05, 3.63) is 108 Å². The number of para-hydroxylation sites is 2. The number of aryl methyl sites for hydroxylation is 1. The summed E-state index contributed by atoms with van der Waals surface area (Å²) >= 11 is 1.58. The van der Waals surface area contributed by atoms with Gasteiger partial charge in [-0.15, -0.1) is 10.2 Å². The van der Waals surface area contributed by atoms with Crippen LogP contribution in [0.5, 0.6) is 0 Å². The standard InChI is InChI=1S/C31H30N6O4S/c1-19-27(17-42-31-36-33-18-37(31)2)40-30(41-28(19)21-12-10-20(16-38)11-13-21)22-6-5-7-23(14-22)34-29(39)26-15-32-24-8-3-4-9-25(24)35-26/h3-15,18-19,27-28,30,38H,16-17H2,1-2H3,(H,34,39)/t19-,27+,28+,30+/m0/s1. The van der Waals surface area contributed by atoms with Crippen LogP contribution in [-0.2, 0) is 23.1 Å². The smallest absolute Gasteiger partial charge is 0.275 e. The molecule has 4 atom stereocenters. The van der Waals surface area contributed by atoms with Gasteiger partial charge in [0.05, 0.1) is 36.0 Å². The first-order chi connectivity index (χ1) is 20.5. The molecule has 10 nitrogen and oxygen atoms in total. The Morgan fingerprint density at radius 1 is 1.02 bits per heavy atom. The number of ether oxygens (including phenoxy) is 2. The van der Waals surface area contributed by atoms with Gasteiger partial charge in [-0.05, 0) is 35.4 Å². The van der Waals surface area contributed by atoms with Gasteiger partial charge >= 0.3 is 0 Å². The molecule has 214 valence electrons. The number of aromatic nitrogens is 5. The lowest BCUT2D eigenvalue weighted by Crippen LogP contribution is -2.38. The highest BCUT2D eigenvalue weighted by Gasteiger charge is 2.38. The molecular formula is C31H30N6O4S. The van der Waals surface area contributed by atoms with Crippen LogP contribution in [0.3, 0.4) is 0 Å². The zero-order chi connectivity index (χ0) is 29.1. The molecule has 2 aromatic heterocycles. The summed E-state index contributed by atoms with van der Waals surface area (Å²) < 4.78 is 15.0. The van der Waals surface area contributed by atoms with E-state index in [4.69, 9.17) is 9.47 Å². The van der Waals surface area contributed by atoms with Gasteiger partial charge in [0, 0.05) is 30.0 Å². The average Bonchev–Trinajstić information content (AvgIpc) is 3.44. The van der Waals surface area contributed by atoms with Crippen LogP contribution in [0.15, 0.2) is 90.5 Å². The monoisotopic (exact) mass is 582 g/mol. The Balaban J connectivity index is 1.24. The average molecular weight is 583 g/mol. The van der Waals surface area contributed by atoms with E-state index in [9.17, 15) is 9.90 Å². The van der Waals surface area contributed by atoms with Crippen molar-refractivity contribution in [2.24, 2.45) is 13.0 Å². The van der Waals surface area contributed by atoms with Crippen LogP contribution in [0.25, 0.3) is 11.0 Å². The van der Waals surface area contributed by atoms with Gasteiger partial charge in [-0.1, -0.05) is 67.2 Å². The van der Waals surface area contributed by atoms with Crippen molar-refractivity contribution in [3.8, 4) is 0 Å². The summed E-state index contributed by atoms with van der Waals surface area (Å²) in [5.41, 5.74) is 4.81. The number of benzene rings is 3.